The third-order valence-electron chi connectivity index (χ3n) is 3.28. The molecular weight excluding hydrogens is 376 g/mol. The lowest BCUT2D eigenvalue weighted by Crippen LogP contribution is -2.38. The molecule has 4 N–H and O–H groups in total. The van der Waals surface area contributed by atoms with Crippen LogP contribution >= 0.6 is 15.9 Å². The Morgan fingerprint density at radius 2 is 2.00 bits per heavy atom. The maximum atomic E-state index is 12.1. The molecule has 0 bridgehead atoms. The molecule has 24 heavy (non-hydrogen) atoms. The number of amides is 2. The highest BCUT2D eigenvalue weighted by molar-refractivity contribution is 9.10. The molecule has 0 aliphatic rings. The van der Waals surface area contributed by atoms with Gasteiger partial charge in [-0.15, -0.1) is 0 Å². The first kappa shape index (κ1) is 17.7. The van der Waals surface area contributed by atoms with Crippen LogP contribution in [0, 0.1) is 0 Å². The molecular formula is C16H17BrN4O3. The zero-order valence-electron chi connectivity index (χ0n) is 12.8. The molecule has 0 saturated carbocycles. The number of hydrogen-bond donors (Lipinski definition) is 3. The van der Waals surface area contributed by atoms with Crippen LogP contribution in [-0.4, -0.2) is 40.1 Å². The van der Waals surface area contributed by atoms with Gasteiger partial charge in [0.05, 0.1) is 5.69 Å². The highest BCUT2D eigenvalue weighted by Gasteiger charge is 2.17. The highest BCUT2D eigenvalue weighted by atomic mass is 79.9. The van der Waals surface area contributed by atoms with Crippen molar-refractivity contribution in [2.45, 2.75) is 6.42 Å². The van der Waals surface area contributed by atoms with E-state index in [1.54, 1.807) is 6.07 Å². The summed E-state index contributed by atoms with van der Waals surface area (Å²) in [6.45, 7) is -0.0624. The number of nitrogen functional groups attached to an aromatic ring is 1. The summed E-state index contributed by atoms with van der Waals surface area (Å²) in [6, 6.07) is 11.1. The summed E-state index contributed by atoms with van der Waals surface area (Å²) in [5.41, 5.74) is 7.03. The molecule has 0 unspecified atom stereocenters. The molecule has 0 spiro atoms. The molecule has 1 aromatic heterocycles. The Morgan fingerprint density at radius 1 is 1.29 bits per heavy atom. The number of hydrogen-bond acceptors (Lipinski definition) is 4. The van der Waals surface area contributed by atoms with Gasteiger partial charge in [-0.1, -0.05) is 30.3 Å². The lowest BCUT2D eigenvalue weighted by molar-refractivity contribution is -0.117. The van der Waals surface area contributed by atoms with Crippen LogP contribution in [0.2, 0.25) is 0 Å². The van der Waals surface area contributed by atoms with Crippen LogP contribution in [0.1, 0.15) is 5.56 Å². The monoisotopic (exact) mass is 392 g/mol. The molecule has 8 heteroatoms. The van der Waals surface area contributed by atoms with Gasteiger partial charge in [-0.2, -0.15) is 0 Å². The summed E-state index contributed by atoms with van der Waals surface area (Å²) in [7, 11) is 0. The molecule has 2 aromatic rings. The quantitative estimate of drug-likeness (QED) is 0.699. The van der Waals surface area contributed by atoms with Gasteiger partial charge < -0.3 is 16.2 Å². The van der Waals surface area contributed by atoms with Crippen molar-refractivity contribution >= 4 is 39.4 Å². The van der Waals surface area contributed by atoms with E-state index in [0.29, 0.717) is 16.6 Å². The van der Waals surface area contributed by atoms with Crippen LogP contribution < -0.4 is 11.1 Å². The number of nitrogens with zero attached hydrogens (tertiary/aromatic N) is 2. The summed E-state index contributed by atoms with van der Waals surface area (Å²) in [4.78, 5) is 28.4. The zero-order chi connectivity index (χ0) is 17.5. The number of anilines is 2. The summed E-state index contributed by atoms with van der Waals surface area (Å²) in [6.07, 6.45) is 0.886. The van der Waals surface area contributed by atoms with Gasteiger partial charge in [0.2, 0.25) is 5.91 Å². The molecule has 126 valence electrons. The number of halogens is 1. The maximum absolute atomic E-state index is 12.1. The lowest BCUT2D eigenvalue weighted by Gasteiger charge is -2.19. The Morgan fingerprint density at radius 3 is 2.67 bits per heavy atom. The second kappa shape index (κ2) is 8.30. The molecule has 2 rings (SSSR count). The minimum absolute atomic E-state index is 0.165. The molecule has 0 radical (unpaired) electrons. The topological polar surface area (TPSA) is 109 Å². The molecule has 0 fully saturated rings. The summed E-state index contributed by atoms with van der Waals surface area (Å²) < 4.78 is 0.658. The van der Waals surface area contributed by atoms with E-state index >= 15 is 0 Å². The van der Waals surface area contributed by atoms with E-state index in [1.165, 1.54) is 6.20 Å². The van der Waals surface area contributed by atoms with Gasteiger partial charge in [-0.3, -0.25) is 9.69 Å². The molecule has 7 nitrogen and oxygen atoms in total. The fourth-order valence-corrected chi connectivity index (χ4v) is 2.40. The van der Waals surface area contributed by atoms with Gasteiger partial charge in [0.1, 0.15) is 12.4 Å². The van der Waals surface area contributed by atoms with Crippen molar-refractivity contribution in [3.63, 3.8) is 0 Å². The van der Waals surface area contributed by atoms with Crippen molar-refractivity contribution in [3.8, 4) is 0 Å². The SMILES string of the molecule is Nc1ncc(Br)cc1NC(=O)CN(CCc1ccccc1)C(=O)O. The normalized spacial score (nSPS) is 10.2. The number of carbonyl (C=O) groups excluding carboxylic acids is 1. The molecule has 0 aliphatic heterocycles. The van der Waals surface area contributed by atoms with Crippen LogP contribution in [0.4, 0.5) is 16.3 Å². The van der Waals surface area contributed by atoms with E-state index in [2.05, 4.69) is 26.2 Å². The van der Waals surface area contributed by atoms with Crippen LogP contribution in [0.15, 0.2) is 47.1 Å². The van der Waals surface area contributed by atoms with E-state index in [9.17, 15) is 14.7 Å². The van der Waals surface area contributed by atoms with Crippen LogP contribution in [0.25, 0.3) is 0 Å². The number of nitrogens with two attached hydrogens (primary N) is 1. The van der Waals surface area contributed by atoms with Crippen LogP contribution in [0.5, 0.6) is 0 Å². The first-order valence-corrected chi connectivity index (χ1v) is 7.97. The fraction of sp³-hybridized carbons (Fsp3) is 0.188. The first-order chi connectivity index (χ1) is 11.5. The Balaban J connectivity index is 1.95. The van der Waals surface area contributed by atoms with Gasteiger partial charge in [-0.05, 0) is 34.0 Å². The van der Waals surface area contributed by atoms with Gasteiger partial charge in [0.15, 0.2) is 0 Å². The third kappa shape index (κ3) is 5.24. The average Bonchev–Trinajstić information content (AvgIpc) is 2.55. The molecule has 0 aliphatic carbocycles. The number of carboxylic acid groups (broad SMARTS) is 1. The van der Waals surface area contributed by atoms with Crippen molar-refractivity contribution in [1.82, 2.24) is 9.88 Å². The Labute approximate surface area is 147 Å². The summed E-state index contributed by atoms with van der Waals surface area (Å²) in [5.74, 6) is -0.310. The minimum atomic E-state index is -1.15. The molecule has 0 saturated heterocycles. The second-order valence-corrected chi connectivity index (χ2v) is 5.99. The Hall–Kier alpha value is -2.61. The number of rotatable bonds is 6. The molecule has 0 atom stereocenters. The van der Waals surface area contributed by atoms with Gasteiger partial charge >= 0.3 is 6.09 Å². The Kier molecular flexibility index (Phi) is 6.14. The predicted octanol–water partition coefficient (Wildman–Crippen LogP) is 2.59. The molecule has 1 aromatic carbocycles. The largest absolute Gasteiger partial charge is 0.465 e. The van der Waals surface area contributed by atoms with E-state index in [4.69, 9.17) is 5.73 Å². The van der Waals surface area contributed by atoms with Crippen LogP contribution in [0.3, 0.4) is 0 Å². The van der Waals surface area contributed by atoms with Crippen molar-refractivity contribution < 1.29 is 14.7 Å². The average molecular weight is 393 g/mol. The van der Waals surface area contributed by atoms with Crippen molar-refractivity contribution in [3.05, 3.63) is 52.6 Å². The summed E-state index contributed by atoms with van der Waals surface area (Å²) in [5, 5.41) is 11.8. The number of aromatic nitrogens is 1. The van der Waals surface area contributed by atoms with Crippen molar-refractivity contribution in [2.75, 3.05) is 24.1 Å². The lowest BCUT2D eigenvalue weighted by atomic mass is 10.1. The Bertz CT molecular complexity index is 725. The summed E-state index contributed by atoms with van der Waals surface area (Å²) >= 11 is 3.24. The highest BCUT2D eigenvalue weighted by Crippen LogP contribution is 2.20. The smallest absolute Gasteiger partial charge is 0.407 e. The fourth-order valence-electron chi connectivity index (χ4n) is 2.06. The second-order valence-electron chi connectivity index (χ2n) is 5.07. The molecule has 2 amide bonds. The number of carbonyl (C=O) groups is 2. The van der Waals surface area contributed by atoms with E-state index < -0.39 is 12.0 Å². The van der Waals surface area contributed by atoms with E-state index in [-0.39, 0.29) is 18.9 Å². The maximum Gasteiger partial charge on any atom is 0.407 e. The predicted molar refractivity (Wildman–Crippen MR) is 94.7 cm³/mol. The first-order valence-electron chi connectivity index (χ1n) is 7.18. The third-order valence-corrected chi connectivity index (χ3v) is 3.71. The van der Waals surface area contributed by atoms with Gasteiger partial charge in [-0.25, -0.2) is 9.78 Å². The standard InChI is InChI=1S/C16H17BrN4O3/c17-12-8-13(15(18)19-9-12)20-14(22)10-21(16(23)24)7-6-11-4-2-1-3-5-11/h1-5,8-9H,6-7,10H2,(H2,18,19)(H,20,22)(H,23,24). The number of pyridine rings is 1. The zero-order valence-corrected chi connectivity index (χ0v) is 14.4. The van der Waals surface area contributed by atoms with Crippen molar-refractivity contribution in [1.29, 1.82) is 0 Å². The minimum Gasteiger partial charge on any atom is -0.465 e. The van der Waals surface area contributed by atoms with Crippen molar-refractivity contribution in [2.24, 2.45) is 0 Å². The van der Waals surface area contributed by atoms with Crippen LogP contribution in [-0.2, 0) is 11.2 Å². The number of benzene rings is 1. The van der Waals surface area contributed by atoms with Gasteiger partial charge in [0, 0.05) is 17.2 Å². The van der Waals surface area contributed by atoms with E-state index in [0.717, 1.165) is 10.5 Å². The molecule has 1 heterocycles. The number of nitrogens with one attached hydrogen (secondary N) is 1. The van der Waals surface area contributed by atoms with Gasteiger partial charge in [0.25, 0.3) is 0 Å². The van der Waals surface area contributed by atoms with E-state index in [1.807, 2.05) is 30.3 Å².